The summed E-state index contributed by atoms with van der Waals surface area (Å²) in [5.74, 6) is 2.01. The second-order valence-electron chi connectivity index (χ2n) is 4.19. The first-order valence-electron chi connectivity index (χ1n) is 5.94. The fourth-order valence-electron chi connectivity index (χ4n) is 1.99. The summed E-state index contributed by atoms with van der Waals surface area (Å²) < 4.78 is 5.64. The van der Waals surface area contributed by atoms with Crippen molar-refractivity contribution in [3.63, 3.8) is 0 Å². The molecule has 1 aliphatic rings. The molecule has 1 saturated carbocycles. The molecule has 2 rings (SSSR count). The highest BCUT2D eigenvalue weighted by atomic mass is 32.2. The van der Waals surface area contributed by atoms with Crippen molar-refractivity contribution in [1.82, 2.24) is 0 Å². The fraction of sp³-hybridized carbons (Fsp3) is 0.538. The molecule has 0 atom stereocenters. The van der Waals surface area contributed by atoms with Gasteiger partial charge in [0.1, 0.15) is 5.75 Å². The van der Waals surface area contributed by atoms with E-state index < -0.39 is 0 Å². The monoisotopic (exact) mass is 237 g/mol. The summed E-state index contributed by atoms with van der Waals surface area (Å²) in [6, 6.07) is 7.60. The zero-order valence-electron chi connectivity index (χ0n) is 9.52. The Morgan fingerprint density at radius 2 is 1.88 bits per heavy atom. The highest BCUT2D eigenvalue weighted by Gasteiger charge is 2.14. The van der Waals surface area contributed by atoms with Crippen molar-refractivity contribution in [3.05, 3.63) is 24.3 Å². The number of nitrogens with two attached hydrogens (primary N) is 1. The minimum Gasteiger partial charge on any atom is -0.493 e. The average molecular weight is 237 g/mol. The number of ether oxygens (including phenoxy) is 1. The van der Waals surface area contributed by atoms with Crippen molar-refractivity contribution in [2.45, 2.75) is 30.9 Å². The van der Waals surface area contributed by atoms with Gasteiger partial charge in [-0.05, 0) is 37.1 Å². The number of nitrogen functional groups attached to an aromatic ring is 1. The Kier molecular flexibility index (Phi) is 4.40. The molecule has 0 radical (unpaired) electrons. The maximum absolute atomic E-state index is 5.64. The van der Waals surface area contributed by atoms with E-state index >= 15 is 0 Å². The van der Waals surface area contributed by atoms with E-state index in [4.69, 9.17) is 10.5 Å². The molecule has 1 fully saturated rings. The molecule has 0 spiro atoms. The van der Waals surface area contributed by atoms with E-state index in [1.807, 2.05) is 24.3 Å². The van der Waals surface area contributed by atoms with Crippen molar-refractivity contribution in [2.75, 3.05) is 18.1 Å². The van der Waals surface area contributed by atoms with Crippen molar-refractivity contribution < 1.29 is 4.74 Å². The maximum atomic E-state index is 5.64. The summed E-state index contributed by atoms with van der Waals surface area (Å²) in [6.45, 7) is 0.797. The van der Waals surface area contributed by atoms with Gasteiger partial charge >= 0.3 is 0 Å². The van der Waals surface area contributed by atoms with Crippen molar-refractivity contribution in [2.24, 2.45) is 0 Å². The van der Waals surface area contributed by atoms with Crippen LogP contribution in [0.5, 0.6) is 5.75 Å². The highest BCUT2D eigenvalue weighted by molar-refractivity contribution is 7.99. The Balaban J connectivity index is 1.62. The third-order valence-electron chi connectivity index (χ3n) is 2.89. The van der Waals surface area contributed by atoms with Gasteiger partial charge in [-0.1, -0.05) is 12.8 Å². The first kappa shape index (κ1) is 11.6. The number of benzene rings is 1. The van der Waals surface area contributed by atoms with Crippen molar-refractivity contribution in [3.8, 4) is 5.75 Å². The van der Waals surface area contributed by atoms with Gasteiger partial charge in [0.2, 0.25) is 0 Å². The lowest BCUT2D eigenvalue weighted by Crippen LogP contribution is -2.04. The van der Waals surface area contributed by atoms with E-state index in [-0.39, 0.29) is 0 Å². The molecule has 0 unspecified atom stereocenters. The fourth-order valence-corrected chi connectivity index (χ4v) is 3.17. The van der Waals surface area contributed by atoms with E-state index in [0.717, 1.165) is 29.0 Å². The van der Waals surface area contributed by atoms with Gasteiger partial charge in [-0.3, -0.25) is 0 Å². The maximum Gasteiger partial charge on any atom is 0.119 e. The Morgan fingerprint density at radius 1 is 1.19 bits per heavy atom. The Labute approximate surface area is 102 Å². The van der Waals surface area contributed by atoms with Crippen LogP contribution >= 0.6 is 11.8 Å². The minimum atomic E-state index is 0.785. The predicted molar refractivity (Wildman–Crippen MR) is 71.1 cm³/mol. The van der Waals surface area contributed by atoms with Crippen LogP contribution in [0.15, 0.2) is 24.3 Å². The lowest BCUT2D eigenvalue weighted by Gasteiger charge is -2.09. The van der Waals surface area contributed by atoms with E-state index in [2.05, 4.69) is 11.8 Å². The first-order valence-corrected chi connectivity index (χ1v) is 6.99. The van der Waals surface area contributed by atoms with Gasteiger partial charge in [-0.2, -0.15) is 11.8 Å². The molecule has 1 aromatic rings. The summed E-state index contributed by atoms with van der Waals surface area (Å²) in [4.78, 5) is 0. The molecular weight excluding hydrogens is 218 g/mol. The highest BCUT2D eigenvalue weighted by Crippen LogP contribution is 2.29. The van der Waals surface area contributed by atoms with E-state index in [1.54, 1.807) is 0 Å². The predicted octanol–water partition coefficient (Wildman–Crippen LogP) is 3.32. The van der Waals surface area contributed by atoms with Gasteiger partial charge < -0.3 is 10.5 Å². The van der Waals surface area contributed by atoms with E-state index in [0.29, 0.717) is 0 Å². The molecule has 16 heavy (non-hydrogen) atoms. The Hall–Kier alpha value is -0.830. The lowest BCUT2D eigenvalue weighted by molar-refractivity contribution is 0.344. The molecule has 0 saturated heterocycles. The van der Waals surface area contributed by atoms with E-state index in [9.17, 15) is 0 Å². The van der Waals surface area contributed by atoms with Crippen molar-refractivity contribution >= 4 is 17.4 Å². The molecule has 1 aliphatic carbocycles. The second-order valence-corrected chi connectivity index (χ2v) is 5.60. The zero-order valence-corrected chi connectivity index (χ0v) is 10.3. The molecule has 0 aromatic heterocycles. The summed E-state index contributed by atoms with van der Waals surface area (Å²) in [7, 11) is 0. The summed E-state index contributed by atoms with van der Waals surface area (Å²) in [6.07, 6.45) is 5.62. The Bertz CT molecular complexity index is 306. The van der Waals surface area contributed by atoms with Crippen LogP contribution in [0.3, 0.4) is 0 Å². The number of rotatable bonds is 5. The van der Waals surface area contributed by atoms with Crippen LogP contribution < -0.4 is 10.5 Å². The molecule has 0 heterocycles. The molecule has 88 valence electrons. The van der Waals surface area contributed by atoms with Gasteiger partial charge in [0.25, 0.3) is 0 Å². The molecule has 0 amide bonds. The number of anilines is 1. The summed E-state index contributed by atoms with van der Waals surface area (Å²) in [5, 5.41) is 0.884. The normalized spacial score (nSPS) is 16.5. The SMILES string of the molecule is Nc1ccc(OCCSC2CCCC2)cc1. The number of hydrogen-bond donors (Lipinski definition) is 1. The van der Waals surface area contributed by atoms with Crippen molar-refractivity contribution in [1.29, 1.82) is 0 Å². The van der Waals surface area contributed by atoms with Gasteiger partial charge in [-0.15, -0.1) is 0 Å². The number of hydrogen-bond acceptors (Lipinski definition) is 3. The van der Waals surface area contributed by atoms with Gasteiger partial charge in [-0.25, -0.2) is 0 Å². The molecule has 1 aromatic carbocycles. The van der Waals surface area contributed by atoms with Gasteiger partial charge in [0.05, 0.1) is 6.61 Å². The molecular formula is C13H19NOS. The first-order chi connectivity index (χ1) is 7.84. The largest absolute Gasteiger partial charge is 0.493 e. The average Bonchev–Trinajstić information content (AvgIpc) is 2.80. The zero-order chi connectivity index (χ0) is 11.2. The van der Waals surface area contributed by atoms with Crippen LogP contribution in [0, 0.1) is 0 Å². The van der Waals surface area contributed by atoms with Crippen LogP contribution in [0.1, 0.15) is 25.7 Å². The van der Waals surface area contributed by atoms with Gasteiger partial charge in [0.15, 0.2) is 0 Å². The number of thioether (sulfide) groups is 1. The molecule has 0 bridgehead atoms. The molecule has 0 aliphatic heterocycles. The molecule has 2 nitrogen and oxygen atoms in total. The lowest BCUT2D eigenvalue weighted by atomic mass is 10.3. The summed E-state index contributed by atoms with van der Waals surface area (Å²) in [5.41, 5.74) is 6.39. The summed E-state index contributed by atoms with van der Waals surface area (Å²) >= 11 is 2.06. The van der Waals surface area contributed by atoms with Crippen LogP contribution in [0.25, 0.3) is 0 Å². The van der Waals surface area contributed by atoms with E-state index in [1.165, 1.54) is 25.7 Å². The minimum absolute atomic E-state index is 0.785. The second kappa shape index (κ2) is 6.04. The van der Waals surface area contributed by atoms with Crippen LogP contribution in [-0.4, -0.2) is 17.6 Å². The third kappa shape index (κ3) is 3.63. The topological polar surface area (TPSA) is 35.2 Å². The van der Waals surface area contributed by atoms with Gasteiger partial charge in [0, 0.05) is 16.7 Å². The molecule has 3 heteroatoms. The Morgan fingerprint density at radius 3 is 2.56 bits per heavy atom. The van der Waals surface area contributed by atoms with Crippen LogP contribution in [0.2, 0.25) is 0 Å². The quantitative estimate of drug-likeness (QED) is 0.630. The smallest absolute Gasteiger partial charge is 0.119 e. The molecule has 2 N–H and O–H groups in total. The van der Waals surface area contributed by atoms with Crippen LogP contribution in [0.4, 0.5) is 5.69 Å². The standard InChI is InChI=1S/C13H19NOS/c14-11-5-7-12(8-6-11)15-9-10-16-13-3-1-2-4-13/h5-8,13H,1-4,9-10,14H2. The van der Waals surface area contributed by atoms with Crippen LogP contribution in [-0.2, 0) is 0 Å². The third-order valence-corrected chi connectivity index (χ3v) is 4.23.